The molecule has 3 fully saturated rings. The zero-order chi connectivity index (χ0) is 39.3. The van der Waals surface area contributed by atoms with E-state index in [9.17, 15) is 30.0 Å². The quantitative estimate of drug-likeness (QED) is 0.0662. The van der Waals surface area contributed by atoms with Crippen molar-refractivity contribution >= 4 is 34.6 Å². The second kappa shape index (κ2) is 20.3. The number of hydrogen-bond donors (Lipinski definition) is 6. The molecule has 3 aliphatic rings. The first-order valence-electron chi connectivity index (χ1n) is 18.9. The summed E-state index contributed by atoms with van der Waals surface area (Å²) in [5.74, 6) is 2.35. The Morgan fingerprint density at radius 3 is 1.69 bits per heavy atom. The number of anilines is 4. The topological polar surface area (TPSA) is 279 Å². The van der Waals surface area contributed by atoms with Crippen LogP contribution in [0, 0.1) is 6.92 Å². The highest BCUT2D eigenvalue weighted by molar-refractivity contribution is 5.95. The summed E-state index contributed by atoms with van der Waals surface area (Å²) in [6.45, 7) is 5.64. The van der Waals surface area contributed by atoms with E-state index in [2.05, 4.69) is 24.8 Å². The molecule has 3 aliphatic heterocycles. The van der Waals surface area contributed by atoms with Crippen molar-refractivity contribution in [1.29, 1.82) is 0 Å². The highest BCUT2D eigenvalue weighted by Crippen LogP contribution is 2.35. The number of aliphatic hydroxyl groups is 5. The third-order valence-corrected chi connectivity index (χ3v) is 9.88. The number of H-pyrrole nitrogens is 1. The molecular formula is C34H53N13O8. The number of aromatic nitrogens is 6. The molecule has 3 atom stereocenters. The molecular weight excluding hydrogens is 718 g/mol. The van der Waals surface area contributed by atoms with Gasteiger partial charge in [0.25, 0.3) is 5.56 Å². The average molecular weight is 772 g/mol. The van der Waals surface area contributed by atoms with Crippen molar-refractivity contribution < 1.29 is 30.3 Å². The lowest BCUT2D eigenvalue weighted by atomic mass is 10.1. The fraction of sp³-hybridized carbons (Fsp3) is 0.706. The van der Waals surface area contributed by atoms with Gasteiger partial charge in [-0.2, -0.15) is 9.97 Å². The molecule has 3 saturated heterocycles. The molecule has 0 aromatic carbocycles. The van der Waals surface area contributed by atoms with E-state index in [0.29, 0.717) is 54.7 Å². The summed E-state index contributed by atoms with van der Waals surface area (Å²) in [5.41, 5.74) is 9.06. The van der Waals surface area contributed by atoms with Crippen LogP contribution in [0.15, 0.2) is 20.9 Å². The second-order valence-corrected chi connectivity index (χ2v) is 13.7. The van der Waals surface area contributed by atoms with Gasteiger partial charge >= 0.3 is 5.69 Å². The van der Waals surface area contributed by atoms with E-state index in [1.54, 1.807) is 16.7 Å². The van der Waals surface area contributed by atoms with Crippen LogP contribution in [0.5, 0.6) is 0 Å². The maximum atomic E-state index is 11.7. The van der Waals surface area contributed by atoms with E-state index in [-0.39, 0.29) is 39.5 Å². The van der Waals surface area contributed by atoms with Crippen LogP contribution < -0.4 is 30.8 Å². The molecule has 0 spiro atoms. The molecule has 6 rings (SSSR count). The first-order chi connectivity index (χ1) is 26.8. The van der Waals surface area contributed by atoms with Crippen LogP contribution in [0.4, 0.5) is 23.5 Å². The smallest absolute Gasteiger partial charge is 0.330 e. The van der Waals surface area contributed by atoms with Crippen LogP contribution >= 0.6 is 0 Å². The molecule has 6 N–H and O–H groups in total. The van der Waals surface area contributed by atoms with Gasteiger partial charge in [-0.3, -0.25) is 14.3 Å². The van der Waals surface area contributed by atoms with Crippen molar-refractivity contribution in [2.45, 2.75) is 70.2 Å². The average Bonchev–Trinajstić information content (AvgIpc) is 3.61. The minimum Gasteiger partial charge on any atom is -0.395 e. The van der Waals surface area contributed by atoms with Gasteiger partial charge in [0, 0.05) is 75.5 Å². The lowest BCUT2D eigenvalue weighted by molar-refractivity contribution is -0.0271. The molecule has 0 amide bonds. The molecule has 0 radical (unpaired) electrons. The van der Waals surface area contributed by atoms with Gasteiger partial charge in [0.2, 0.25) is 11.9 Å². The monoisotopic (exact) mass is 771 g/mol. The molecule has 21 nitrogen and oxygen atoms in total. The van der Waals surface area contributed by atoms with Gasteiger partial charge in [-0.25, -0.2) is 14.8 Å². The van der Waals surface area contributed by atoms with Gasteiger partial charge in [-0.05, 0) is 51.0 Å². The van der Waals surface area contributed by atoms with Gasteiger partial charge in [-0.1, -0.05) is 5.11 Å². The van der Waals surface area contributed by atoms with E-state index in [1.807, 2.05) is 0 Å². The number of piperidine rings is 2. The molecule has 3 aromatic heterocycles. The van der Waals surface area contributed by atoms with E-state index in [0.717, 1.165) is 63.5 Å². The zero-order valence-corrected chi connectivity index (χ0v) is 31.3. The molecule has 6 heterocycles. The maximum Gasteiger partial charge on any atom is 0.330 e. The predicted octanol–water partition coefficient (Wildman–Crippen LogP) is -0.214. The maximum absolute atomic E-state index is 11.7. The molecule has 0 aliphatic carbocycles. The largest absolute Gasteiger partial charge is 0.395 e. The van der Waals surface area contributed by atoms with Crippen molar-refractivity contribution in [2.75, 3.05) is 105 Å². The van der Waals surface area contributed by atoms with Gasteiger partial charge in [0.1, 0.15) is 17.3 Å². The summed E-state index contributed by atoms with van der Waals surface area (Å²) in [6, 6.07) is -0.542. The molecule has 0 saturated carbocycles. The summed E-state index contributed by atoms with van der Waals surface area (Å²) in [4.78, 5) is 55.6. The van der Waals surface area contributed by atoms with Gasteiger partial charge in [0.05, 0.1) is 45.2 Å². The van der Waals surface area contributed by atoms with Gasteiger partial charge in [-0.15, -0.1) is 0 Å². The Hall–Kier alpha value is -4.63. The molecule has 0 unspecified atom stereocenters. The summed E-state index contributed by atoms with van der Waals surface area (Å²) in [5, 5.41) is 51.2. The van der Waals surface area contributed by atoms with Crippen LogP contribution in [0.2, 0.25) is 0 Å². The first-order valence-corrected chi connectivity index (χ1v) is 18.9. The van der Waals surface area contributed by atoms with Crippen LogP contribution in [-0.4, -0.2) is 153 Å². The Labute approximate surface area is 317 Å². The number of rotatable bonds is 15. The minimum atomic E-state index is -0.671. The third-order valence-electron chi connectivity index (χ3n) is 9.88. The van der Waals surface area contributed by atoms with E-state index >= 15 is 0 Å². The van der Waals surface area contributed by atoms with Crippen LogP contribution in [0.1, 0.15) is 56.7 Å². The number of aliphatic hydroxyl groups excluding tert-OH is 5. The van der Waals surface area contributed by atoms with Gasteiger partial charge < -0.3 is 49.9 Å². The van der Waals surface area contributed by atoms with Gasteiger partial charge in [0.15, 0.2) is 11.6 Å². The van der Waals surface area contributed by atoms with Crippen molar-refractivity contribution in [3.05, 3.63) is 43.0 Å². The fourth-order valence-electron chi connectivity index (χ4n) is 7.04. The van der Waals surface area contributed by atoms with Crippen LogP contribution in [0.3, 0.4) is 0 Å². The Balaban J connectivity index is 0.000000256. The highest BCUT2D eigenvalue weighted by atomic mass is 16.5. The molecule has 55 heavy (non-hydrogen) atoms. The minimum absolute atomic E-state index is 0.0772. The summed E-state index contributed by atoms with van der Waals surface area (Å²) in [7, 11) is 0. The van der Waals surface area contributed by atoms with E-state index in [4.69, 9.17) is 35.3 Å². The number of aryl methyl sites for hydroxylation is 1. The van der Waals surface area contributed by atoms with Crippen LogP contribution in [0.25, 0.3) is 21.5 Å². The summed E-state index contributed by atoms with van der Waals surface area (Å²) < 4.78 is 6.69. The Kier molecular flexibility index (Phi) is 15.4. The summed E-state index contributed by atoms with van der Waals surface area (Å²) in [6.07, 6.45) is 6.94. The molecule has 3 aromatic rings. The Bertz CT molecular complexity index is 1770. The van der Waals surface area contributed by atoms with Crippen molar-refractivity contribution in [2.24, 2.45) is 5.11 Å². The highest BCUT2D eigenvalue weighted by Gasteiger charge is 2.36. The number of azide groups is 1. The lowest BCUT2D eigenvalue weighted by Crippen LogP contribution is -2.36. The van der Waals surface area contributed by atoms with Crippen molar-refractivity contribution in [1.82, 2.24) is 29.5 Å². The first kappa shape index (κ1) is 41.5. The Morgan fingerprint density at radius 2 is 1.27 bits per heavy atom. The lowest BCUT2D eigenvalue weighted by Gasteiger charge is -2.33. The number of aromatic amines is 1. The molecule has 302 valence electrons. The number of nitrogens with one attached hydrogen (secondary N) is 1. The Morgan fingerprint density at radius 1 is 0.800 bits per heavy atom. The second-order valence-electron chi connectivity index (χ2n) is 13.7. The number of nitrogens with zero attached hydrogens (tertiary/aromatic N) is 12. The normalized spacial score (nSPS) is 19.9. The zero-order valence-electron chi connectivity index (χ0n) is 31.3. The number of fused-ring (bicyclic) bond motifs is 1. The predicted molar refractivity (Wildman–Crippen MR) is 205 cm³/mol. The van der Waals surface area contributed by atoms with Crippen LogP contribution in [-0.2, 0) is 4.74 Å². The standard InChI is InChI=1S/C24H40N8O4.C10H13N5O4/c33-15-11-31(12-16-34)23-26-20-19(21(27-23)29-7-3-1-4-8-29)25-24(32(13-17-35)14-18-36)28-22(20)30-9-5-2-6-10-30;1-5-3-15(10(18)12-9(5)17)8-2-6(13-14-11)7(4-16)19-8/h33-36H,1-18H2;3,6-8,16H,2,4H2,1H3,(H,12,17,18)/t;6-,7+,8+/m.0/s1. The van der Waals surface area contributed by atoms with Crippen molar-refractivity contribution in [3.8, 4) is 0 Å². The van der Waals surface area contributed by atoms with Crippen molar-refractivity contribution in [3.63, 3.8) is 0 Å². The fourth-order valence-corrected chi connectivity index (χ4v) is 7.04. The third kappa shape index (κ3) is 10.2. The number of hydrogen-bond acceptors (Lipinski definition) is 17. The summed E-state index contributed by atoms with van der Waals surface area (Å²) >= 11 is 0. The van der Waals surface area contributed by atoms with E-state index < -0.39 is 29.6 Å². The number of ether oxygens (including phenoxy) is 1. The molecule has 0 bridgehead atoms. The molecule has 21 heteroatoms. The SMILES string of the molecule is Cc1cn([C@H]2C[C@H](N=[N+]=[N-])[C@@H](CO)O2)c(=O)[nH]c1=O.OCCN(CCO)c1nc(N2CCCCC2)c2nc(N(CCO)CCO)nc(N3CCCCC3)c2n1. The van der Waals surface area contributed by atoms with E-state index in [1.165, 1.54) is 23.6 Å².